The van der Waals surface area contributed by atoms with Crippen LogP contribution in [0.3, 0.4) is 0 Å². The van der Waals surface area contributed by atoms with E-state index in [9.17, 15) is 0 Å². The molecule has 1 heterocycles. The quantitative estimate of drug-likeness (QED) is 0.863. The first-order valence-electron chi connectivity index (χ1n) is 5.63. The molecule has 1 nitrogen and oxygen atoms in total. The second-order valence-electron chi connectivity index (χ2n) is 4.62. The first-order chi connectivity index (χ1) is 7.18. The third-order valence-electron chi connectivity index (χ3n) is 3.29. The SMILES string of the molecule is CC(CNC1CC1)C(C)c1cscc1Br. The molecule has 0 radical (unpaired) electrons. The fourth-order valence-corrected chi connectivity index (χ4v) is 3.50. The molecule has 1 aliphatic carbocycles. The molecule has 0 bridgehead atoms. The molecule has 0 aliphatic heterocycles. The van der Waals surface area contributed by atoms with Crippen LogP contribution in [0.25, 0.3) is 0 Å². The number of halogens is 1. The normalized spacial score (nSPS) is 20.2. The van der Waals surface area contributed by atoms with Gasteiger partial charge in [-0.1, -0.05) is 13.8 Å². The molecule has 1 aromatic heterocycles. The molecule has 2 atom stereocenters. The van der Waals surface area contributed by atoms with Crippen LogP contribution in [0.15, 0.2) is 15.2 Å². The summed E-state index contributed by atoms with van der Waals surface area (Å²) in [5, 5.41) is 8.05. The molecule has 1 aliphatic rings. The van der Waals surface area contributed by atoms with E-state index in [0.29, 0.717) is 11.8 Å². The van der Waals surface area contributed by atoms with E-state index < -0.39 is 0 Å². The minimum absolute atomic E-state index is 0.636. The molecule has 0 spiro atoms. The standard InChI is InChI=1S/C12H18BrNS/c1-8(5-14-10-3-4-10)9(2)11-6-15-7-12(11)13/h6-10,14H,3-5H2,1-2H3. The summed E-state index contributed by atoms with van der Waals surface area (Å²) in [6.07, 6.45) is 2.76. The van der Waals surface area contributed by atoms with Crippen LogP contribution in [-0.2, 0) is 0 Å². The number of nitrogens with one attached hydrogen (secondary N) is 1. The predicted molar refractivity (Wildman–Crippen MR) is 70.6 cm³/mol. The van der Waals surface area contributed by atoms with Gasteiger partial charge in [-0.15, -0.1) is 0 Å². The summed E-state index contributed by atoms with van der Waals surface area (Å²) < 4.78 is 1.28. The monoisotopic (exact) mass is 287 g/mol. The minimum atomic E-state index is 0.636. The Morgan fingerprint density at radius 3 is 2.73 bits per heavy atom. The molecule has 84 valence electrons. The Morgan fingerprint density at radius 2 is 2.20 bits per heavy atom. The van der Waals surface area contributed by atoms with Gasteiger partial charge in [0.2, 0.25) is 0 Å². The van der Waals surface area contributed by atoms with Gasteiger partial charge in [-0.2, -0.15) is 11.3 Å². The minimum Gasteiger partial charge on any atom is -0.314 e. The molecular weight excluding hydrogens is 270 g/mol. The molecule has 1 saturated carbocycles. The fraction of sp³-hybridized carbons (Fsp3) is 0.667. The fourth-order valence-electron chi connectivity index (χ4n) is 1.74. The summed E-state index contributed by atoms with van der Waals surface area (Å²) in [6.45, 7) is 5.81. The zero-order valence-corrected chi connectivity index (χ0v) is 11.7. The largest absolute Gasteiger partial charge is 0.314 e. The van der Waals surface area contributed by atoms with E-state index in [2.05, 4.69) is 45.9 Å². The van der Waals surface area contributed by atoms with Gasteiger partial charge >= 0.3 is 0 Å². The number of thiophene rings is 1. The molecule has 0 saturated heterocycles. The van der Waals surface area contributed by atoms with Crippen LogP contribution in [0, 0.1) is 5.92 Å². The smallest absolute Gasteiger partial charge is 0.0317 e. The predicted octanol–water partition coefficient (Wildman–Crippen LogP) is 4.00. The van der Waals surface area contributed by atoms with E-state index in [1.165, 1.54) is 22.9 Å². The molecule has 1 aromatic rings. The average Bonchev–Trinajstić information content (AvgIpc) is 2.96. The molecule has 1 fully saturated rings. The highest BCUT2D eigenvalue weighted by molar-refractivity contribution is 9.10. The highest BCUT2D eigenvalue weighted by atomic mass is 79.9. The van der Waals surface area contributed by atoms with Crippen LogP contribution in [0.1, 0.15) is 38.2 Å². The lowest BCUT2D eigenvalue weighted by Crippen LogP contribution is -2.26. The molecule has 0 aromatic carbocycles. The van der Waals surface area contributed by atoms with E-state index in [4.69, 9.17) is 0 Å². The molecule has 3 heteroatoms. The maximum Gasteiger partial charge on any atom is 0.0317 e. The highest BCUT2D eigenvalue weighted by Gasteiger charge is 2.23. The summed E-state index contributed by atoms with van der Waals surface area (Å²) in [7, 11) is 0. The van der Waals surface area contributed by atoms with Gasteiger partial charge in [-0.3, -0.25) is 0 Å². The zero-order chi connectivity index (χ0) is 10.8. The van der Waals surface area contributed by atoms with Gasteiger partial charge in [0.05, 0.1) is 0 Å². The van der Waals surface area contributed by atoms with E-state index in [-0.39, 0.29) is 0 Å². The second-order valence-corrected chi connectivity index (χ2v) is 6.22. The van der Waals surface area contributed by atoms with Crippen molar-refractivity contribution in [1.82, 2.24) is 5.32 Å². The van der Waals surface area contributed by atoms with Gasteiger partial charge in [0.15, 0.2) is 0 Å². The number of hydrogen-bond donors (Lipinski definition) is 1. The summed E-state index contributed by atoms with van der Waals surface area (Å²) >= 11 is 5.40. The van der Waals surface area contributed by atoms with Gasteiger partial charge in [0.25, 0.3) is 0 Å². The number of rotatable bonds is 5. The van der Waals surface area contributed by atoms with Crippen LogP contribution in [-0.4, -0.2) is 12.6 Å². The van der Waals surface area contributed by atoms with Crippen molar-refractivity contribution in [1.29, 1.82) is 0 Å². The first-order valence-corrected chi connectivity index (χ1v) is 7.37. The Balaban J connectivity index is 1.88. The Morgan fingerprint density at radius 1 is 1.47 bits per heavy atom. The van der Waals surface area contributed by atoms with Crippen LogP contribution in [0.2, 0.25) is 0 Å². The average molecular weight is 288 g/mol. The van der Waals surface area contributed by atoms with Crippen LogP contribution in [0.4, 0.5) is 0 Å². The van der Waals surface area contributed by atoms with Gasteiger partial charge < -0.3 is 5.32 Å². The van der Waals surface area contributed by atoms with E-state index in [0.717, 1.165) is 12.6 Å². The van der Waals surface area contributed by atoms with Crippen molar-refractivity contribution in [2.45, 2.75) is 38.6 Å². The Hall–Kier alpha value is 0.140. The molecular formula is C12H18BrNS. The van der Waals surface area contributed by atoms with Crippen molar-refractivity contribution >= 4 is 27.3 Å². The maximum atomic E-state index is 3.62. The number of hydrogen-bond acceptors (Lipinski definition) is 2. The summed E-state index contributed by atoms with van der Waals surface area (Å²) in [4.78, 5) is 0. The van der Waals surface area contributed by atoms with Gasteiger partial charge in [0.1, 0.15) is 0 Å². The Bertz CT molecular complexity index is 319. The van der Waals surface area contributed by atoms with Crippen LogP contribution in [0.5, 0.6) is 0 Å². The molecule has 2 unspecified atom stereocenters. The highest BCUT2D eigenvalue weighted by Crippen LogP contribution is 2.33. The lowest BCUT2D eigenvalue weighted by atomic mass is 9.91. The lowest BCUT2D eigenvalue weighted by molar-refractivity contribution is 0.446. The van der Waals surface area contributed by atoms with Crippen molar-refractivity contribution in [3.8, 4) is 0 Å². The van der Waals surface area contributed by atoms with Crippen LogP contribution < -0.4 is 5.32 Å². The van der Waals surface area contributed by atoms with E-state index >= 15 is 0 Å². The van der Waals surface area contributed by atoms with Gasteiger partial charge in [-0.25, -0.2) is 0 Å². The summed E-state index contributed by atoms with van der Waals surface area (Å²) in [5.74, 6) is 1.34. The van der Waals surface area contributed by atoms with Crippen molar-refractivity contribution in [2.75, 3.05) is 6.54 Å². The van der Waals surface area contributed by atoms with Crippen molar-refractivity contribution in [3.05, 3.63) is 20.8 Å². The van der Waals surface area contributed by atoms with Gasteiger partial charge in [-0.05, 0) is 58.1 Å². The maximum absolute atomic E-state index is 3.62. The molecule has 15 heavy (non-hydrogen) atoms. The van der Waals surface area contributed by atoms with E-state index in [1.807, 2.05) is 0 Å². The Kier molecular flexibility index (Phi) is 3.86. The second kappa shape index (κ2) is 4.98. The van der Waals surface area contributed by atoms with Crippen molar-refractivity contribution in [3.63, 3.8) is 0 Å². The molecule has 2 rings (SSSR count). The lowest BCUT2D eigenvalue weighted by Gasteiger charge is -2.20. The van der Waals surface area contributed by atoms with Gasteiger partial charge in [0, 0.05) is 15.9 Å². The van der Waals surface area contributed by atoms with Crippen molar-refractivity contribution < 1.29 is 0 Å². The Labute approximate surface area is 104 Å². The topological polar surface area (TPSA) is 12.0 Å². The van der Waals surface area contributed by atoms with Crippen LogP contribution >= 0.6 is 27.3 Å². The molecule has 1 N–H and O–H groups in total. The third-order valence-corrected chi connectivity index (χ3v) is 5.04. The molecule has 0 amide bonds. The van der Waals surface area contributed by atoms with E-state index in [1.54, 1.807) is 11.3 Å². The summed E-state index contributed by atoms with van der Waals surface area (Å²) in [6, 6.07) is 0.825. The summed E-state index contributed by atoms with van der Waals surface area (Å²) in [5.41, 5.74) is 1.46. The zero-order valence-electron chi connectivity index (χ0n) is 9.29. The third kappa shape index (κ3) is 3.05. The first kappa shape index (κ1) is 11.6. The van der Waals surface area contributed by atoms with Crippen molar-refractivity contribution in [2.24, 2.45) is 5.92 Å².